The number of nitrogens with two attached hydrogens (primary N) is 1. The Balaban J connectivity index is 1.44. The van der Waals surface area contributed by atoms with Crippen LogP contribution in [0.1, 0.15) is 31.2 Å². The van der Waals surface area contributed by atoms with Gasteiger partial charge in [-0.15, -0.1) is 0 Å². The van der Waals surface area contributed by atoms with Crippen molar-refractivity contribution in [3.05, 3.63) is 60.2 Å². The van der Waals surface area contributed by atoms with E-state index in [1.807, 2.05) is 0 Å². The van der Waals surface area contributed by atoms with Crippen LogP contribution in [0, 0.1) is 0 Å². The van der Waals surface area contributed by atoms with Crippen molar-refractivity contribution in [2.75, 3.05) is 39.3 Å². The number of hydrogen-bond donors (Lipinski definition) is 4. The molecule has 27 heavy (non-hydrogen) atoms. The maximum atomic E-state index is 5.46. The first kappa shape index (κ1) is 21.6. The molecule has 2 rings (SSSR count). The highest BCUT2D eigenvalue weighted by molar-refractivity contribution is 5.63. The molecule has 5 N–H and O–H groups in total. The second-order valence-corrected chi connectivity index (χ2v) is 6.94. The average Bonchev–Trinajstić information content (AvgIpc) is 2.72. The molecule has 0 aromatic heterocycles. The standard InChI is InChI=1S/C23H36N4/c24-14-6-17-25-15-4-5-16-26-18-7-19-27-20-21-10-12-23(13-11-21)22-8-2-1-3-9-22/h1-3,8-13,25-27H,4-7,14-20,24H2. The molecule has 0 bridgehead atoms. The molecule has 0 amide bonds. The van der Waals surface area contributed by atoms with Crippen LogP contribution in [0.15, 0.2) is 54.6 Å². The smallest absolute Gasteiger partial charge is 0.0205 e. The Hall–Kier alpha value is -1.72. The van der Waals surface area contributed by atoms with E-state index >= 15 is 0 Å². The lowest BCUT2D eigenvalue weighted by Gasteiger charge is -2.08. The molecule has 0 atom stereocenters. The molecule has 0 unspecified atom stereocenters. The Morgan fingerprint density at radius 3 is 1.78 bits per heavy atom. The number of hydrogen-bond acceptors (Lipinski definition) is 4. The van der Waals surface area contributed by atoms with Crippen LogP contribution in [0.4, 0.5) is 0 Å². The molecule has 2 aromatic rings. The summed E-state index contributed by atoms with van der Waals surface area (Å²) in [6.45, 7) is 7.11. The first-order valence-electron chi connectivity index (χ1n) is 10.4. The van der Waals surface area contributed by atoms with Crippen molar-refractivity contribution in [2.45, 2.75) is 32.2 Å². The molecule has 0 aliphatic carbocycles. The van der Waals surface area contributed by atoms with Crippen molar-refractivity contribution in [1.29, 1.82) is 0 Å². The summed E-state index contributed by atoms with van der Waals surface area (Å²) in [5.41, 5.74) is 9.35. The first-order valence-corrected chi connectivity index (χ1v) is 10.4. The van der Waals surface area contributed by atoms with Crippen molar-refractivity contribution in [3.63, 3.8) is 0 Å². The highest BCUT2D eigenvalue weighted by atomic mass is 14.9. The van der Waals surface area contributed by atoms with Crippen LogP contribution in [0.25, 0.3) is 11.1 Å². The minimum Gasteiger partial charge on any atom is -0.330 e. The van der Waals surface area contributed by atoms with Gasteiger partial charge in [-0.05, 0) is 81.6 Å². The van der Waals surface area contributed by atoms with Gasteiger partial charge in [0, 0.05) is 6.54 Å². The molecule has 4 heteroatoms. The quantitative estimate of drug-likeness (QED) is 0.365. The fourth-order valence-electron chi connectivity index (χ4n) is 2.99. The van der Waals surface area contributed by atoms with Crippen LogP contribution >= 0.6 is 0 Å². The lowest BCUT2D eigenvalue weighted by Crippen LogP contribution is -2.24. The predicted molar refractivity (Wildman–Crippen MR) is 117 cm³/mol. The normalized spacial score (nSPS) is 11.0. The highest BCUT2D eigenvalue weighted by Crippen LogP contribution is 2.19. The molecule has 148 valence electrons. The maximum Gasteiger partial charge on any atom is 0.0205 e. The van der Waals surface area contributed by atoms with Gasteiger partial charge < -0.3 is 21.7 Å². The summed E-state index contributed by atoms with van der Waals surface area (Å²) in [6, 6.07) is 19.4. The first-order chi connectivity index (χ1) is 13.4. The third kappa shape index (κ3) is 9.68. The van der Waals surface area contributed by atoms with Gasteiger partial charge in [0.1, 0.15) is 0 Å². The van der Waals surface area contributed by atoms with Crippen molar-refractivity contribution >= 4 is 0 Å². The molecule has 2 aromatic carbocycles. The Morgan fingerprint density at radius 2 is 1.11 bits per heavy atom. The van der Waals surface area contributed by atoms with Gasteiger partial charge in [-0.1, -0.05) is 54.6 Å². The maximum absolute atomic E-state index is 5.46. The minimum atomic E-state index is 0.779. The van der Waals surface area contributed by atoms with E-state index in [0.29, 0.717) is 0 Å². The zero-order valence-electron chi connectivity index (χ0n) is 16.6. The minimum absolute atomic E-state index is 0.779. The summed E-state index contributed by atoms with van der Waals surface area (Å²) in [7, 11) is 0. The van der Waals surface area contributed by atoms with E-state index in [4.69, 9.17) is 5.73 Å². The van der Waals surface area contributed by atoms with Crippen molar-refractivity contribution < 1.29 is 0 Å². The third-order valence-electron chi connectivity index (χ3n) is 4.61. The van der Waals surface area contributed by atoms with E-state index < -0.39 is 0 Å². The summed E-state index contributed by atoms with van der Waals surface area (Å²) in [5, 5.41) is 10.5. The fraction of sp³-hybridized carbons (Fsp3) is 0.478. The largest absolute Gasteiger partial charge is 0.330 e. The zero-order valence-corrected chi connectivity index (χ0v) is 16.6. The fourth-order valence-corrected chi connectivity index (χ4v) is 2.99. The van der Waals surface area contributed by atoms with Gasteiger partial charge in [0.25, 0.3) is 0 Å². The lowest BCUT2D eigenvalue weighted by molar-refractivity contribution is 0.556. The van der Waals surface area contributed by atoms with Crippen LogP contribution in [0.2, 0.25) is 0 Å². The van der Waals surface area contributed by atoms with Gasteiger partial charge >= 0.3 is 0 Å². The van der Waals surface area contributed by atoms with E-state index in [1.165, 1.54) is 29.5 Å². The van der Waals surface area contributed by atoms with Crippen molar-refractivity contribution in [1.82, 2.24) is 16.0 Å². The van der Waals surface area contributed by atoms with Gasteiger partial charge in [0.15, 0.2) is 0 Å². The molecule has 4 nitrogen and oxygen atoms in total. The van der Waals surface area contributed by atoms with Crippen LogP contribution in [0.3, 0.4) is 0 Å². The SMILES string of the molecule is NCCCNCCCCNCCCNCc1ccc(-c2ccccc2)cc1. The summed E-state index contributed by atoms with van der Waals surface area (Å²) in [4.78, 5) is 0. The summed E-state index contributed by atoms with van der Waals surface area (Å²) < 4.78 is 0. The Kier molecular flexibility index (Phi) is 11.5. The van der Waals surface area contributed by atoms with Gasteiger partial charge in [-0.25, -0.2) is 0 Å². The van der Waals surface area contributed by atoms with E-state index in [9.17, 15) is 0 Å². The molecule has 0 saturated heterocycles. The molecule has 0 radical (unpaired) electrons. The van der Waals surface area contributed by atoms with Crippen molar-refractivity contribution in [3.8, 4) is 11.1 Å². The second-order valence-electron chi connectivity index (χ2n) is 6.94. The van der Waals surface area contributed by atoms with Crippen LogP contribution in [-0.2, 0) is 6.54 Å². The predicted octanol–water partition coefficient (Wildman–Crippen LogP) is 3.14. The highest BCUT2D eigenvalue weighted by Gasteiger charge is 1.97. The Labute approximate surface area is 164 Å². The van der Waals surface area contributed by atoms with Gasteiger partial charge in [-0.2, -0.15) is 0 Å². The number of unbranched alkanes of at least 4 members (excludes halogenated alkanes) is 1. The van der Waals surface area contributed by atoms with E-state index in [1.54, 1.807) is 0 Å². The molecular weight excluding hydrogens is 332 g/mol. The van der Waals surface area contributed by atoms with Gasteiger partial charge in [0.2, 0.25) is 0 Å². The topological polar surface area (TPSA) is 62.1 Å². The number of rotatable bonds is 15. The monoisotopic (exact) mass is 368 g/mol. The van der Waals surface area contributed by atoms with Crippen LogP contribution in [-0.4, -0.2) is 39.3 Å². The molecule has 0 aliphatic rings. The Bertz CT molecular complexity index is 583. The van der Waals surface area contributed by atoms with Gasteiger partial charge in [-0.3, -0.25) is 0 Å². The summed E-state index contributed by atoms with van der Waals surface area (Å²) in [5.74, 6) is 0. The number of nitrogens with one attached hydrogen (secondary N) is 3. The summed E-state index contributed by atoms with van der Waals surface area (Å²) in [6.07, 6.45) is 4.70. The lowest BCUT2D eigenvalue weighted by atomic mass is 10.0. The van der Waals surface area contributed by atoms with E-state index in [-0.39, 0.29) is 0 Å². The zero-order chi connectivity index (χ0) is 19.0. The summed E-state index contributed by atoms with van der Waals surface area (Å²) >= 11 is 0. The number of benzene rings is 2. The van der Waals surface area contributed by atoms with Crippen LogP contribution < -0.4 is 21.7 Å². The Morgan fingerprint density at radius 1 is 0.556 bits per heavy atom. The van der Waals surface area contributed by atoms with Gasteiger partial charge in [0.05, 0.1) is 0 Å². The molecule has 0 heterocycles. The molecular formula is C23H36N4. The van der Waals surface area contributed by atoms with Crippen molar-refractivity contribution in [2.24, 2.45) is 5.73 Å². The molecule has 0 fully saturated rings. The molecule has 0 spiro atoms. The second kappa shape index (κ2) is 14.4. The average molecular weight is 369 g/mol. The van der Waals surface area contributed by atoms with Crippen LogP contribution in [0.5, 0.6) is 0 Å². The molecule has 0 aliphatic heterocycles. The van der Waals surface area contributed by atoms with E-state index in [0.717, 1.165) is 58.7 Å². The van der Waals surface area contributed by atoms with E-state index in [2.05, 4.69) is 70.5 Å². The third-order valence-corrected chi connectivity index (χ3v) is 4.61. The molecule has 0 saturated carbocycles.